The second-order valence-corrected chi connectivity index (χ2v) is 4.79. The van der Waals surface area contributed by atoms with Crippen molar-refractivity contribution in [3.8, 4) is 0 Å². The van der Waals surface area contributed by atoms with Crippen molar-refractivity contribution >= 4 is 22.5 Å². The predicted molar refractivity (Wildman–Crippen MR) is 81.8 cm³/mol. The molecule has 0 saturated carbocycles. The number of hydrogen-bond donors (Lipinski definition) is 0. The zero-order valence-electron chi connectivity index (χ0n) is 11.4. The molecule has 3 rings (SSSR count). The second-order valence-electron chi connectivity index (χ2n) is 4.79. The van der Waals surface area contributed by atoms with Crippen molar-refractivity contribution in [3.63, 3.8) is 0 Å². The van der Waals surface area contributed by atoms with E-state index in [9.17, 15) is 4.79 Å². The molecule has 0 radical (unpaired) electrons. The lowest BCUT2D eigenvalue weighted by atomic mass is 10.2. The highest BCUT2D eigenvalue weighted by Gasteiger charge is 2.12. The molecule has 0 aliphatic rings. The molecule has 0 atom stereocenters. The molecule has 0 spiro atoms. The van der Waals surface area contributed by atoms with E-state index in [1.54, 1.807) is 4.90 Å². The molecule has 3 nitrogen and oxygen atoms in total. The zero-order valence-corrected chi connectivity index (χ0v) is 11.4. The predicted octanol–water partition coefficient (Wildman–Crippen LogP) is 3.30. The minimum Gasteiger partial charge on any atom is -0.338 e. The Bertz CT molecular complexity index is 731. The number of para-hydroxylation sites is 2. The summed E-state index contributed by atoms with van der Waals surface area (Å²) in [5.41, 5.74) is 2.00. The van der Waals surface area contributed by atoms with Gasteiger partial charge in [-0.25, -0.2) is 0 Å². The van der Waals surface area contributed by atoms with Gasteiger partial charge in [-0.2, -0.15) is 0 Å². The van der Waals surface area contributed by atoms with E-state index in [0.717, 1.165) is 16.6 Å². The summed E-state index contributed by atoms with van der Waals surface area (Å²) < 4.78 is 1.98. The van der Waals surface area contributed by atoms with Crippen LogP contribution in [0.5, 0.6) is 0 Å². The molecule has 1 amide bonds. The molecule has 2 aromatic carbocycles. The Morgan fingerprint density at radius 2 is 1.70 bits per heavy atom. The quantitative estimate of drug-likeness (QED) is 0.712. The third kappa shape index (κ3) is 2.30. The molecule has 0 unspecified atom stereocenters. The van der Waals surface area contributed by atoms with E-state index in [1.807, 2.05) is 72.4 Å². The van der Waals surface area contributed by atoms with Crippen LogP contribution < -0.4 is 4.90 Å². The molecule has 0 saturated heterocycles. The van der Waals surface area contributed by atoms with Crippen LogP contribution in [-0.4, -0.2) is 17.5 Å². The topological polar surface area (TPSA) is 25.2 Å². The van der Waals surface area contributed by atoms with Crippen LogP contribution in [0.1, 0.15) is 0 Å². The Morgan fingerprint density at radius 3 is 2.50 bits per heavy atom. The summed E-state index contributed by atoms with van der Waals surface area (Å²) in [6.45, 7) is 0.346. The fourth-order valence-electron chi connectivity index (χ4n) is 2.33. The lowest BCUT2D eigenvalue weighted by Crippen LogP contribution is -2.29. The zero-order chi connectivity index (χ0) is 13.9. The van der Waals surface area contributed by atoms with Crippen LogP contribution in [-0.2, 0) is 11.3 Å². The van der Waals surface area contributed by atoms with Crippen molar-refractivity contribution in [1.29, 1.82) is 0 Å². The summed E-state index contributed by atoms with van der Waals surface area (Å²) >= 11 is 0. The lowest BCUT2D eigenvalue weighted by Gasteiger charge is -2.18. The molecule has 0 fully saturated rings. The van der Waals surface area contributed by atoms with Crippen molar-refractivity contribution in [1.82, 2.24) is 4.57 Å². The Morgan fingerprint density at radius 1 is 1.00 bits per heavy atom. The normalized spacial score (nSPS) is 10.7. The summed E-state index contributed by atoms with van der Waals surface area (Å²) in [5.74, 6) is 0.0672. The molecule has 1 aromatic heterocycles. The first-order valence-corrected chi connectivity index (χ1v) is 6.61. The fraction of sp³-hybridized carbons (Fsp3) is 0.118. The van der Waals surface area contributed by atoms with Gasteiger partial charge in [0.1, 0.15) is 6.54 Å². The molecule has 3 heteroatoms. The highest BCUT2D eigenvalue weighted by Crippen LogP contribution is 2.16. The Kier molecular flexibility index (Phi) is 3.25. The molecular weight excluding hydrogens is 248 g/mol. The van der Waals surface area contributed by atoms with Crippen LogP contribution in [0.4, 0.5) is 5.69 Å². The van der Waals surface area contributed by atoms with Crippen molar-refractivity contribution in [2.24, 2.45) is 0 Å². The van der Waals surface area contributed by atoms with E-state index in [4.69, 9.17) is 0 Å². The maximum atomic E-state index is 12.4. The number of hydrogen-bond acceptors (Lipinski definition) is 1. The summed E-state index contributed by atoms with van der Waals surface area (Å²) in [4.78, 5) is 14.0. The molecule has 0 N–H and O–H groups in total. The van der Waals surface area contributed by atoms with E-state index in [1.165, 1.54) is 0 Å². The Labute approximate surface area is 118 Å². The number of aromatic nitrogens is 1. The van der Waals surface area contributed by atoms with Crippen LogP contribution in [0.15, 0.2) is 66.9 Å². The van der Waals surface area contributed by atoms with Gasteiger partial charge >= 0.3 is 0 Å². The van der Waals surface area contributed by atoms with E-state index in [-0.39, 0.29) is 5.91 Å². The Hall–Kier alpha value is -2.55. The van der Waals surface area contributed by atoms with Crippen molar-refractivity contribution in [2.45, 2.75) is 6.54 Å². The van der Waals surface area contributed by atoms with Crippen molar-refractivity contribution in [3.05, 3.63) is 66.9 Å². The van der Waals surface area contributed by atoms with Gasteiger partial charge in [0.05, 0.1) is 0 Å². The number of amides is 1. The molecule has 0 bridgehead atoms. The van der Waals surface area contributed by atoms with Gasteiger partial charge < -0.3 is 9.47 Å². The number of benzene rings is 2. The van der Waals surface area contributed by atoms with Crippen molar-refractivity contribution < 1.29 is 4.79 Å². The van der Waals surface area contributed by atoms with Crippen LogP contribution in [0.2, 0.25) is 0 Å². The number of rotatable bonds is 3. The standard InChI is InChI=1S/C17H16N2O/c1-18(15-8-3-2-4-9-15)17(20)13-19-12-11-14-7-5-6-10-16(14)19/h2-12H,13H2,1H3. The number of likely N-dealkylation sites (N-methyl/N-ethyl adjacent to an activating group) is 1. The van der Waals surface area contributed by atoms with E-state index >= 15 is 0 Å². The molecular formula is C17H16N2O. The van der Waals surface area contributed by atoms with Gasteiger partial charge in [-0.05, 0) is 29.7 Å². The van der Waals surface area contributed by atoms with E-state index < -0.39 is 0 Å². The fourth-order valence-corrected chi connectivity index (χ4v) is 2.33. The van der Waals surface area contributed by atoms with Crippen molar-refractivity contribution in [2.75, 3.05) is 11.9 Å². The number of carbonyl (C=O) groups is 1. The average molecular weight is 264 g/mol. The first kappa shape index (κ1) is 12.5. The van der Waals surface area contributed by atoms with E-state index in [0.29, 0.717) is 6.54 Å². The highest BCUT2D eigenvalue weighted by atomic mass is 16.2. The summed E-state index contributed by atoms with van der Waals surface area (Å²) in [6.07, 6.45) is 1.96. The first-order valence-electron chi connectivity index (χ1n) is 6.61. The van der Waals surface area contributed by atoms with Gasteiger partial charge in [0.15, 0.2) is 0 Å². The third-order valence-corrected chi connectivity index (χ3v) is 3.50. The van der Waals surface area contributed by atoms with Gasteiger partial charge in [-0.3, -0.25) is 4.79 Å². The average Bonchev–Trinajstić information content (AvgIpc) is 2.91. The van der Waals surface area contributed by atoms with Gasteiger partial charge in [0.2, 0.25) is 5.91 Å². The number of anilines is 1. The lowest BCUT2D eigenvalue weighted by molar-refractivity contribution is -0.118. The maximum absolute atomic E-state index is 12.4. The summed E-state index contributed by atoms with van der Waals surface area (Å²) in [5, 5.41) is 1.16. The number of fused-ring (bicyclic) bond motifs is 1. The molecule has 0 aliphatic heterocycles. The van der Waals surface area contributed by atoms with Crippen LogP contribution in [0.3, 0.4) is 0 Å². The Balaban J connectivity index is 1.82. The minimum atomic E-state index is 0.0672. The number of carbonyl (C=O) groups excluding carboxylic acids is 1. The van der Waals surface area contributed by atoms with E-state index in [2.05, 4.69) is 6.07 Å². The maximum Gasteiger partial charge on any atom is 0.246 e. The van der Waals surface area contributed by atoms with Crippen LogP contribution >= 0.6 is 0 Å². The highest BCUT2D eigenvalue weighted by molar-refractivity contribution is 5.93. The SMILES string of the molecule is CN(C(=O)Cn1ccc2ccccc21)c1ccccc1. The van der Waals surface area contributed by atoms with Crippen LogP contribution in [0.25, 0.3) is 10.9 Å². The van der Waals surface area contributed by atoms with Gasteiger partial charge in [-0.1, -0.05) is 36.4 Å². The van der Waals surface area contributed by atoms with Gasteiger partial charge in [0.25, 0.3) is 0 Å². The molecule has 100 valence electrons. The van der Waals surface area contributed by atoms with Gasteiger partial charge in [0, 0.05) is 24.4 Å². The third-order valence-electron chi connectivity index (χ3n) is 3.50. The largest absolute Gasteiger partial charge is 0.338 e. The monoisotopic (exact) mass is 264 g/mol. The van der Waals surface area contributed by atoms with Gasteiger partial charge in [-0.15, -0.1) is 0 Å². The van der Waals surface area contributed by atoms with Crippen LogP contribution in [0, 0.1) is 0 Å². The molecule has 20 heavy (non-hydrogen) atoms. The molecule has 1 heterocycles. The number of nitrogens with zero attached hydrogens (tertiary/aromatic N) is 2. The second kappa shape index (κ2) is 5.21. The minimum absolute atomic E-state index is 0.0672. The summed E-state index contributed by atoms with van der Waals surface area (Å²) in [6, 6.07) is 19.8. The summed E-state index contributed by atoms with van der Waals surface area (Å²) in [7, 11) is 1.81. The molecule has 3 aromatic rings. The smallest absolute Gasteiger partial charge is 0.246 e. The molecule has 0 aliphatic carbocycles. The first-order chi connectivity index (χ1) is 9.75.